The number of para-hydroxylation sites is 1. The molecule has 2 aromatic rings. The first-order chi connectivity index (χ1) is 10.6. The van der Waals surface area contributed by atoms with Gasteiger partial charge in [-0.2, -0.15) is 0 Å². The summed E-state index contributed by atoms with van der Waals surface area (Å²) >= 11 is 1.44. The largest absolute Gasteiger partial charge is 0.496 e. The summed E-state index contributed by atoms with van der Waals surface area (Å²) in [6, 6.07) is 7.78. The normalized spacial score (nSPS) is 11.8. The fourth-order valence-corrected chi connectivity index (χ4v) is 2.41. The number of rotatable bonds is 6. The summed E-state index contributed by atoms with van der Waals surface area (Å²) in [6.45, 7) is 1.96. The monoisotopic (exact) mass is 317 g/mol. The molecule has 0 radical (unpaired) electrons. The molecular weight excluding hydrogens is 298 g/mol. The van der Waals surface area contributed by atoms with Gasteiger partial charge in [-0.15, -0.1) is 0 Å². The van der Waals surface area contributed by atoms with Crippen molar-refractivity contribution in [2.45, 2.75) is 24.5 Å². The van der Waals surface area contributed by atoms with Crippen LogP contribution in [0.1, 0.15) is 22.8 Å². The van der Waals surface area contributed by atoms with Gasteiger partial charge in [-0.05, 0) is 31.2 Å². The zero-order valence-corrected chi connectivity index (χ0v) is 13.7. The number of carbonyl (C=O) groups is 1. The average molecular weight is 317 g/mol. The Morgan fingerprint density at radius 3 is 2.64 bits per heavy atom. The zero-order valence-electron chi connectivity index (χ0n) is 12.9. The molecule has 1 aromatic heterocycles. The summed E-state index contributed by atoms with van der Waals surface area (Å²) in [6.07, 6.45) is 5.68. The van der Waals surface area contributed by atoms with Crippen molar-refractivity contribution in [3.05, 3.63) is 47.8 Å². The number of amides is 1. The van der Waals surface area contributed by atoms with Crippen LogP contribution in [0.25, 0.3) is 0 Å². The third kappa shape index (κ3) is 4.21. The van der Waals surface area contributed by atoms with E-state index < -0.39 is 0 Å². The fourth-order valence-electron chi connectivity index (χ4n) is 2.10. The molecule has 0 saturated heterocycles. The molecule has 0 spiro atoms. The fraction of sp³-hybridized carbons (Fsp3) is 0.312. The maximum Gasteiger partial charge on any atom is 0.254 e. The highest BCUT2D eigenvalue weighted by Gasteiger charge is 2.13. The molecule has 6 heteroatoms. The lowest BCUT2D eigenvalue weighted by Gasteiger charge is -2.15. The van der Waals surface area contributed by atoms with E-state index in [2.05, 4.69) is 15.3 Å². The quantitative estimate of drug-likeness (QED) is 0.655. The lowest BCUT2D eigenvalue weighted by atomic mass is 10.1. The van der Waals surface area contributed by atoms with E-state index in [0.29, 0.717) is 17.1 Å². The molecule has 0 bridgehead atoms. The standard InChI is InChI=1S/C16H19N3O2S/c1-11(8-12-6-4-5-7-14(12)21-2)19-15(20)13-9-17-16(22-3)18-10-13/h4-7,9-11H,8H2,1-3H3,(H,19,20). The molecule has 5 nitrogen and oxygen atoms in total. The molecule has 1 amide bonds. The number of methoxy groups -OCH3 is 1. The van der Waals surface area contributed by atoms with E-state index in [1.165, 1.54) is 11.8 Å². The van der Waals surface area contributed by atoms with E-state index in [1.54, 1.807) is 19.5 Å². The summed E-state index contributed by atoms with van der Waals surface area (Å²) in [7, 11) is 1.65. The van der Waals surface area contributed by atoms with Gasteiger partial charge < -0.3 is 10.1 Å². The van der Waals surface area contributed by atoms with E-state index in [-0.39, 0.29) is 11.9 Å². The molecule has 0 saturated carbocycles. The van der Waals surface area contributed by atoms with Crippen LogP contribution in [0.2, 0.25) is 0 Å². The molecule has 1 atom stereocenters. The van der Waals surface area contributed by atoms with Crippen molar-refractivity contribution in [2.24, 2.45) is 0 Å². The van der Waals surface area contributed by atoms with Gasteiger partial charge in [-0.25, -0.2) is 9.97 Å². The third-order valence-corrected chi connectivity index (χ3v) is 3.74. The predicted octanol–water partition coefficient (Wildman–Crippen LogP) is 2.57. The van der Waals surface area contributed by atoms with Crippen molar-refractivity contribution < 1.29 is 9.53 Å². The third-order valence-electron chi connectivity index (χ3n) is 3.17. The Kier molecular flexibility index (Phi) is 5.77. The Bertz CT molecular complexity index is 632. The highest BCUT2D eigenvalue weighted by Crippen LogP contribution is 2.19. The first-order valence-electron chi connectivity index (χ1n) is 6.93. The number of thioether (sulfide) groups is 1. The van der Waals surface area contributed by atoms with Crippen molar-refractivity contribution in [2.75, 3.05) is 13.4 Å². The Balaban J connectivity index is 1.98. The SMILES string of the molecule is COc1ccccc1CC(C)NC(=O)c1cnc(SC)nc1. The first kappa shape index (κ1) is 16.3. The molecule has 22 heavy (non-hydrogen) atoms. The summed E-state index contributed by atoms with van der Waals surface area (Å²) < 4.78 is 5.33. The number of carbonyl (C=O) groups excluding carboxylic acids is 1. The van der Waals surface area contributed by atoms with E-state index in [1.807, 2.05) is 37.4 Å². The molecule has 2 rings (SSSR count). The number of aromatic nitrogens is 2. The number of nitrogens with one attached hydrogen (secondary N) is 1. The zero-order chi connectivity index (χ0) is 15.9. The molecule has 0 aliphatic carbocycles. The Labute approximate surface area is 134 Å². The summed E-state index contributed by atoms with van der Waals surface area (Å²) in [5.74, 6) is 0.659. The molecule has 0 aliphatic rings. The van der Waals surface area contributed by atoms with Gasteiger partial charge in [-0.3, -0.25) is 4.79 Å². The summed E-state index contributed by atoms with van der Waals surface area (Å²) in [5, 5.41) is 3.60. The van der Waals surface area contributed by atoms with Crippen LogP contribution >= 0.6 is 11.8 Å². The highest BCUT2D eigenvalue weighted by molar-refractivity contribution is 7.98. The second-order valence-electron chi connectivity index (χ2n) is 4.85. The second-order valence-corrected chi connectivity index (χ2v) is 5.62. The van der Waals surface area contributed by atoms with Crippen LogP contribution in [0.15, 0.2) is 41.8 Å². The molecule has 0 aliphatic heterocycles. The van der Waals surface area contributed by atoms with Gasteiger partial charge in [0, 0.05) is 18.4 Å². The van der Waals surface area contributed by atoms with Crippen molar-refractivity contribution in [1.82, 2.24) is 15.3 Å². The van der Waals surface area contributed by atoms with E-state index in [4.69, 9.17) is 4.74 Å². The average Bonchev–Trinajstić information content (AvgIpc) is 2.55. The van der Waals surface area contributed by atoms with Crippen LogP contribution in [0.4, 0.5) is 0 Å². The molecule has 116 valence electrons. The van der Waals surface area contributed by atoms with Gasteiger partial charge in [0.25, 0.3) is 5.91 Å². The maximum atomic E-state index is 12.2. The lowest BCUT2D eigenvalue weighted by Crippen LogP contribution is -2.34. The van der Waals surface area contributed by atoms with Crippen LogP contribution < -0.4 is 10.1 Å². The minimum absolute atomic E-state index is 0.0240. The van der Waals surface area contributed by atoms with E-state index >= 15 is 0 Å². The minimum atomic E-state index is -0.171. The van der Waals surface area contributed by atoms with Crippen molar-refractivity contribution >= 4 is 17.7 Å². The van der Waals surface area contributed by atoms with Crippen molar-refractivity contribution in [3.63, 3.8) is 0 Å². The van der Waals surface area contributed by atoms with Crippen LogP contribution in [0, 0.1) is 0 Å². The number of ether oxygens (including phenoxy) is 1. The molecule has 0 fully saturated rings. The number of hydrogen-bond donors (Lipinski definition) is 1. The number of benzene rings is 1. The molecule has 1 heterocycles. The molecule has 1 unspecified atom stereocenters. The van der Waals surface area contributed by atoms with Gasteiger partial charge in [0.15, 0.2) is 5.16 Å². The van der Waals surface area contributed by atoms with Crippen molar-refractivity contribution in [3.8, 4) is 5.75 Å². The van der Waals surface area contributed by atoms with Crippen LogP contribution in [-0.2, 0) is 6.42 Å². The molecule has 1 aromatic carbocycles. The van der Waals surface area contributed by atoms with Crippen molar-refractivity contribution in [1.29, 1.82) is 0 Å². The van der Waals surface area contributed by atoms with Crippen LogP contribution in [-0.4, -0.2) is 35.3 Å². The van der Waals surface area contributed by atoms with Gasteiger partial charge in [0.1, 0.15) is 5.75 Å². The van der Waals surface area contributed by atoms with E-state index in [0.717, 1.165) is 11.3 Å². The van der Waals surface area contributed by atoms with Gasteiger partial charge in [0.05, 0.1) is 12.7 Å². The Morgan fingerprint density at radius 2 is 2.00 bits per heavy atom. The second kappa shape index (κ2) is 7.79. The topological polar surface area (TPSA) is 64.1 Å². The van der Waals surface area contributed by atoms with Gasteiger partial charge >= 0.3 is 0 Å². The summed E-state index contributed by atoms with van der Waals surface area (Å²) in [4.78, 5) is 20.4. The minimum Gasteiger partial charge on any atom is -0.496 e. The Hall–Kier alpha value is -2.08. The van der Waals surface area contributed by atoms with E-state index in [9.17, 15) is 4.79 Å². The number of hydrogen-bond acceptors (Lipinski definition) is 5. The Morgan fingerprint density at radius 1 is 1.32 bits per heavy atom. The van der Waals surface area contributed by atoms with Crippen LogP contribution in [0.3, 0.4) is 0 Å². The van der Waals surface area contributed by atoms with Gasteiger partial charge in [0.2, 0.25) is 0 Å². The molecule has 1 N–H and O–H groups in total. The number of nitrogens with zero attached hydrogens (tertiary/aromatic N) is 2. The highest BCUT2D eigenvalue weighted by atomic mass is 32.2. The first-order valence-corrected chi connectivity index (χ1v) is 8.15. The predicted molar refractivity (Wildman–Crippen MR) is 87.4 cm³/mol. The van der Waals surface area contributed by atoms with Gasteiger partial charge in [-0.1, -0.05) is 30.0 Å². The molecular formula is C16H19N3O2S. The smallest absolute Gasteiger partial charge is 0.254 e. The lowest BCUT2D eigenvalue weighted by molar-refractivity contribution is 0.0939. The maximum absolute atomic E-state index is 12.2. The summed E-state index contributed by atoms with van der Waals surface area (Å²) in [5.41, 5.74) is 1.52. The van der Waals surface area contributed by atoms with Crippen LogP contribution in [0.5, 0.6) is 5.75 Å².